The molecule has 0 N–H and O–H groups in total. The van der Waals surface area contributed by atoms with E-state index in [2.05, 4.69) is 10.3 Å². The van der Waals surface area contributed by atoms with Gasteiger partial charge in [0.25, 0.3) is 0 Å². The van der Waals surface area contributed by atoms with Crippen molar-refractivity contribution < 1.29 is 23.7 Å². The molecule has 136 valence electrons. The van der Waals surface area contributed by atoms with E-state index in [1.54, 1.807) is 16.8 Å². The van der Waals surface area contributed by atoms with Gasteiger partial charge in [0, 0.05) is 0 Å². The maximum absolute atomic E-state index is 12.4. The van der Waals surface area contributed by atoms with Gasteiger partial charge in [-0.1, -0.05) is 17.3 Å². The first kappa shape index (κ1) is 17.5. The summed E-state index contributed by atoms with van der Waals surface area (Å²) in [7, 11) is 4.48. The number of carbonyl (C=O) groups is 1. The Morgan fingerprint density at radius 2 is 1.73 bits per heavy atom. The Hall–Kier alpha value is -3.29. The van der Waals surface area contributed by atoms with Crippen LogP contribution in [0.5, 0.6) is 17.2 Å². The molecule has 0 radical (unpaired) electrons. The van der Waals surface area contributed by atoms with E-state index < -0.39 is 5.97 Å². The van der Waals surface area contributed by atoms with Crippen molar-refractivity contribution in [3.05, 3.63) is 42.0 Å². The first-order chi connectivity index (χ1) is 12.7. The molecule has 1 aromatic heterocycles. The van der Waals surface area contributed by atoms with Crippen molar-refractivity contribution in [2.45, 2.75) is 6.54 Å². The van der Waals surface area contributed by atoms with E-state index in [9.17, 15) is 4.79 Å². The molecule has 26 heavy (non-hydrogen) atoms. The number of rotatable bonds is 7. The van der Waals surface area contributed by atoms with Crippen LogP contribution in [0.3, 0.4) is 0 Å². The Bertz CT molecular complexity index is 897. The number of methoxy groups -OCH3 is 3. The molecule has 1 heterocycles. The summed E-state index contributed by atoms with van der Waals surface area (Å²) in [5.41, 5.74) is 1.99. The lowest BCUT2D eigenvalue weighted by Gasteiger charge is -2.13. The molecular formula is C18H19N3O5. The van der Waals surface area contributed by atoms with Gasteiger partial charge in [0.1, 0.15) is 12.1 Å². The van der Waals surface area contributed by atoms with Gasteiger partial charge < -0.3 is 18.9 Å². The van der Waals surface area contributed by atoms with Gasteiger partial charge >= 0.3 is 5.97 Å². The summed E-state index contributed by atoms with van der Waals surface area (Å²) < 4.78 is 22.8. The van der Waals surface area contributed by atoms with Crippen molar-refractivity contribution in [1.29, 1.82) is 0 Å². The zero-order chi connectivity index (χ0) is 18.5. The van der Waals surface area contributed by atoms with Gasteiger partial charge in [0.15, 0.2) is 11.5 Å². The number of ether oxygens (including phenoxy) is 4. The van der Waals surface area contributed by atoms with Crippen LogP contribution in [0.25, 0.3) is 11.0 Å². The van der Waals surface area contributed by atoms with E-state index in [0.29, 0.717) is 29.4 Å². The second-order valence-corrected chi connectivity index (χ2v) is 5.35. The minimum absolute atomic E-state index is 0.156. The summed E-state index contributed by atoms with van der Waals surface area (Å²) in [6.45, 7) is 0.555. The SMILES string of the molecule is COc1cc(C(=O)OCCn2nnc3ccccc32)cc(OC)c1OC. The Morgan fingerprint density at radius 3 is 2.38 bits per heavy atom. The van der Waals surface area contributed by atoms with Gasteiger partial charge in [-0.15, -0.1) is 5.10 Å². The van der Waals surface area contributed by atoms with Crippen LogP contribution in [-0.2, 0) is 11.3 Å². The summed E-state index contributed by atoms with van der Waals surface area (Å²) >= 11 is 0. The molecule has 0 spiro atoms. The summed E-state index contributed by atoms with van der Waals surface area (Å²) in [6, 6.07) is 10.7. The molecule has 0 fully saturated rings. The van der Waals surface area contributed by atoms with E-state index in [0.717, 1.165) is 11.0 Å². The predicted molar refractivity (Wildman–Crippen MR) is 93.9 cm³/mol. The Kier molecular flexibility index (Phi) is 5.21. The van der Waals surface area contributed by atoms with Crippen molar-refractivity contribution in [3.63, 3.8) is 0 Å². The number of fused-ring (bicyclic) bond motifs is 1. The molecule has 0 bridgehead atoms. The molecule has 0 unspecified atom stereocenters. The first-order valence-corrected chi connectivity index (χ1v) is 7.93. The smallest absolute Gasteiger partial charge is 0.338 e. The van der Waals surface area contributed by atoms with Crippen molar-refractivity contribution in [2.75, 3.05) is 27.9 Å². The maximum atomic E-state index is 12.4. The fourth-order valence-corrected chi connectivity index (χ4v) is 2.59. The first-order valence-electron chi connectivity index (χ1n) is 7.93. The molecule has 8 nitrogen and oxygen atoms in total. The van der Waals surface area contributed by atoms with Crippen LogP contribution in [-0.4, -0.2) is 48.9 Å². The van der Waals surface area contributed by atoms with Crippen LogP contribution < -0.4 is 14.2 Å². The number of benzene rings is 2. The van der Waals surface area contributed by atoms with Gasteiger partial charge in [0.2, 0.25) is 5.75 Å². The molecule has 0 aliphatic rings. The molecule has 0 aliphatic carbocycles. The quantitative estimate of drug-likeness (QED) is 0.600. The minimum Gasteiger partial charge on any atom is -0.493 e. The summed E-state index contributed by atoms with van der Waals surface area (Å²) in [6.07, 6.45) is 0. The topological polar surface area (TPSA) is 84.7 Å². The summed E-state index contributed by atoms with van der Waals surface area (Å²) in [5.74, 6) is 0.705. The second-order valence-electron chi connectivity index (χ2n) is 5.35. The highest BCUT2D eigenvalue weighted by Gasteiger charge is 2.18. The molecule has 3 aromatic rings. The number of aromatic nitrogens is 3. The number of hydrogen-bond acceptors (Lipinski definition) is 7. The lowest BCUT2D eigenvalue weighted by molar-refractivity contribution is 0.0487. The average Bonchev–Trinajstić information content (AvgIpc) is 3.09. The highest BCUT2D eigenvalue weighted by Crippen LogP contribution is 2.38. The van der Waals surface area contributed by atoms with E-state index >= 15 is 0 Å². The number of para-hydroxylation sites is 1. The normalized spacial score (nSPS) is 10.6. The maximum Gasteiger partial charge on any atom is 0.338 e. The molecular weight excluding hydrogens is 338 g/mol. The van der Waals surface area contributed by atoms with Crippen LogP contribution in [0.1, 0.15) is 10.4 Å². The zero-order valence-electron chi connectivity index (χ0n) is 14.8. The number of carbonyl (C=O) groups excluding carboxylic acids is 1. The third kappa shape index (κ3) is 3.39. The van der Waals surface area contributed by atoms with Crippen molar-refractivity contribution in [2.24, 2.45) is 0 Å². The number of esters is 1. The van der Waals surface area contributed by atoms with Crippen molar-refractivity contribution >= 4 is 17.0 Å². The zero-order valence-corrected chi connectivity index (χ0v) is 14.8. The minimum atomic E-state index is -0.492. The van der Waals surface area contributed by atoms with E-state index in [4.69, 9.17) is 18.9 Å². The average molecular weight is 357 g/mol. The van der Waals surface area contributed by atoms with Gasteiger partial charge in [-0.2, -0.15) is 0 Å². The molecule has 0 amide bonds. The van der Waals surface area contributed by atoms with Crippen LogP contribution in [0, 0.1) is 0 Å². The molecule has 3 rings (SSSR count). The lowest BCUT2D eigenvalue weighted by Crippen LogP contribution is -2.13. The van der Waals surface area contributed by atoms with Gasteiger partial charge in [-0.3, -0.25) is 0 Å². The van der Waals surface area contributed by atoms with Gasteiger partial charge in [0.05, 0.1) is 39.0 Å². The third-order valence-electron chi connectivity index (χ3n) is 3.86. The standard InChI is InChI=1S/C18H19N3O5/c1-23-15-10-12(11-16(24-2)17(15)25-3)18(22)26-9-8-21-14-7-5-4-6-13(14)19-20-21/h4-7,10-11H,8-9H2,1-3H3. The monoisotopic (exact) mass is 357 g/mol. The molecule has 0 aliphatic heterocycles. The van der Waals surface area contributed by atoms with Gasteiger partial charge in [-0.25, -0.2) is 9.48 Å². The Labute approximate surface area is 150 Å². The van der Waals surface area contributed by atoms with E-state index in [-0.39, 0.29) is 6.61 Å². The molecule has 0 saturated heterocycles. The van der Waals surface area contributed by atoms with E-state index in [1.807, 2.05) is 24.3 Å². The Morgan fingerprint density at radius 1 is 1.04 bits per heavy atom. The molecule has 0 atom stereocenters. The summed E-state index contributed by atoms with van der Waals surface area (Å²) in [4.78, 5) is 12.4. The number of hydrogen-bond donors (Lipinski definition) is 0. The van der Waals surface area contributed by atoms with Crippen LogP contribution in [0.4, 0.5) is 0 Å². The predicted octanol–water partition coefficient (Wildman–Crippen LogP) is 2.31. The fourth-order valence-electron chi connectivity index (χ4n) is 2.59. The largest absolute Gasteiger partial charge is 0.493 e. The fraction of sp³-hybridized carbons (Fsp3) is 0.278. The highest BCUT2D eigenvalue weighted by molar-refractivity contribution is 5.91. The van der Waals surface area contributed by atoms with Crippen molar-refractivity contribution in [3.8, 4) is 17.2 Å². The lowest BCUT2D eigenvalue weighted by atomic mass is 10.2. The van der Waals surface area contributed by atoms with E-state index in [1.165, 1.54) is 21.3 Å². The third-order valence-corrected chi connectivity index (χ3v) is 3.86. The van der Waals surface area contributed by atoms with Gasteiger partial charge in [-0.05, 0) is 24.3 Å². The molecule has 0 saturated carbocycles. The van der Waals surface area contributed by atoms with Crippen LogP contribution in [0.15, 0.2) is 36.4 Å². The van der Waals surface area contributed by atoms with Crippen molar-refractivity contribution in [1.82, 2.24) is 15.0 Å². The molecule has 2 aromatic carbocycles. The van der Waals surface area contributed by atoms with Crippen LogP contribution >= 0.6 is 0 Å². The van der Waals surface area contributed by atoms with Crippen LogP contribution in [0.2, 0.25) is 0 Å². The second kappa shape index (κ2) is 7.73. The Balaban J connectivity index is 1.70. The highest BCUT2D eigenvalue weighted by atomic mass is 16.5. The number of nitrogens with zero attached hydrogens (tertiary/aromatic N) is 3. The molecule has 8 heteroatoms. The summed E-state index contributed by atoms with van der Waals surface area (Å²) in [5, 5.41) is 8.13.